The van der Waals surface area contributed by atoms with Gasteiger partial charge < -0.3 is 14.8 Å². The zero-order valence-corrected chi connectivity index (χ0v) is 8.23. The Morgan fingerprint density at radius 3 is 2.69 bits per heavy atom. The zero-order chi connectivity index (χ0) is 11.9. The quantitative estimate of drug-likeness (QED) is 0.746. The van der Waals surface area contributed by atoms with Crippen molar-refractivity contribution in [3.05, 3.63) is 39.0 Å². The molecule has 2 rings (SSSR count). The first-order chi connectivity index (χ1) is 7.54. The minimum Gasteiger partial charge on any atom is -0.493 e. The van der Waals surface area contributed by atoms with E-state index in [1.165, 1.54) is 13.2 Å². The number of carbonyl (C=O) groups excluding carboxylic acids is 1. The number of pyridine rings is 1. The molecule has 1 aliphatic carbocycles. The highest BCUT2D eigenvalue weighted by atomic mass is 16.5. The van der Waals surface area contributed by atoms with Crippen LogP contribution < -0.4 is 5.43 Å². The van der Waals surface area contributed by atoms with Crippen molar-refractivity contribution in [2.45, 2.75) is 0 Å². The molecular formula is C10H7NO5. The van der Waals surface area contributed by atoms with Crippen molar-refractivity contribution in [1.82, 2.24) is 4.98 Å². The maximum atomic E-state index is 11.6. The van der Waals surface area contributed by atoms with Crippen LogP contribution in [0, 0.1) is 0 Å². The number of allylic oxidation sites excluding steroid dienone is 1. The Morgan fingerprint density at radius 2 is 2.12 bits per heavy atom. The number of nitrogens with one attached hydrogen (secondary N) is 1. The zero-order valence-electron chi connectivity index (χ0n) is 8.23. The molecule has 2 N–H and O–H groups in total. The highest BCUT2D eigenvalue weighted by Crippen LogP contribution is 2.21. The summed E-state index contributed by atoms with van der Waals surface area (Å²) in [5.41, 5.74) is -0.747. The van der Waals surface area contributed by atoms with Crippen LogP contribution in [0.15, 0.2) is 16.6 Å². The maximum Gasteiger partial charge on any atom is 0.352 e. The van der Waals surface area contributed by atoms with Crippen LogP contribution in [0.2, 0.25) is 0 Å². The molecule has 1 aromatic heterocycles. The van der Waals surface area contributed by atoms with E-state index in [0.29, 0.717) is 0 Å². The number of Topliss-reactive ketones (excluding diaryl/α,β-unsaturated/α-hetero) is 1. The molecule has 0 aliphatic heterocycles. The number of H-pyrrole nitrogens is 1. The van der Waals surface area contributed by atoms with Gasteiger partial charge in [0.2, 0.25) is 5.78 Å². The first kappa shape index (κ1) is 10.2. The predicted molar refractivity (Wildman–Crippen MR) is 53.3 cm³/mol. The molecule has 0 radical (unpaired) electrons. The topological polar surface area (TPSA) is 96.5 Å². The van der Waals surface area contributed by atoms with Crippen LogP contribution in [0.5, 0.6) is 0 Å². The van der Waals surface area contributed by atoms with Crippen LogP contribution in [0.25, 0.3) is 6.08 Å². The van der Waals surface area contributed by atoms with Gasteiger partial charge in [0.15, 0.2) is 11.2 Å². The molecule has 0 saturated carbocycles. The second-order valence-corrected chi connectivity index (χ2v) is 3.18. The number of fused-ring (bicyclic) bond motifs is 1. The van der Waals surface area contributed by atoms with E-state index in [0.717, 1.165) is 6.07 Å². The molecule has 0 unspecified atom stereocenters. The van der Waals surface area contributed by atoms with Gasteiger partial charge in [-0.15, -0.1) is 0 Å². The summed E-state index contributed by atoms with van der Waals surface area (Å²) >= 11 is 0. The molecule has 6 heteroatoms. The number of carboxylic acid groups (broad SMARTS) is 1. The number of hydrogen-bond donors (Lipinski definition) is 2. The molecule has 82 valence electrons. The lowest BCUT2D eigenvalue weighted by Crippen LogP contribution is -2.15. The second kappa shape index (κ2) is 3.34. The number of ether oxygens (including phenoxy) is 1. The van der Waals surface area contributed by atoms with Crippen molar-refractivity contribution in [3.63, 3.8) is 0 Å². The molecule has 0 amide bonds. The van der Waals surface area contributed by atoms with E-state index in [1.54, 1.807) is 0 Å². The first-order valence-electron chi connectivity index (χ1n) is 4.35. The number of aromatic amines is 1. The largest absolute Gasteiger partial charge is 0.493 e. The fourth-order valence-electron chi connectivity index (χ4n) is 1.48. The van der Waals surface area contributed by atoms with Crippen LogP contribution in [0.1, 0.15) is 26.5 Å². The Morgan fingerprint density at radius 1 is 1.44 bits per heavy atom. The van der Waals surface area contributed by atoms with Crippen molar-refractivity contribution in [3.8, 4) is 0 Å². The molecular weight excluding hydrogens is 214 g/mol. The minimum absolute atomic E-state index is 0.0193. The van der Waals surface area contributed by atoms with E-state index in [-0.39, 0.29) is 22.7 Å². The smallest absolute Gasteiger partial charge is 0.352 e. The van der Waals surface area contributed by atoms with E-state index >= 15 is 0 Å². The van der Waals surface area contributed by atoms with E-state index in [2.05, 4.69) is 4.98 Å². The third-order valence-electron chi connectivity index (χ3n) is 2.25. The van der Waals surface area contributed by atoms with Crippen molar-refractivity contribution >= 4 is 17.8 Å². The fourth-order valence-corrected chi connectivity index (χ4v) is 1.48. The van der Waals surface area contributed by atoms with E-state index < -0.39 is 17.2 Å². The molecule has 6 nitrogen and oxygen atoms in total. The van der Waals surface area contributed by atoms with Crippen LogP contribution in [-0.2, 0) is 4.74 Å². The van der Waals surface area contributed by atoms with Gasteiger partial charge in [-0.05, 0) is 6.08 Å². The van der Waals surface area contributed by atoms with Gasteiger partial charge in [0, 0.05) is 6.07 Å². The summed E-state index contributed by atoms with van der Waals surface area (Å²) in [7, 11) is 1.30. The van der Waals surface area contributed by atoms with Crippen molar-refractivity contribution < 1.29 is 19.4 Å². The van der Waals surface area contributed by atoms with Crippen LogP contribution in [0.3, 0.4) is 0 Å². The van der Waals surface area contributed by atoms with Gasteiger partial charge in [-0.25, -0.2) is 4.79 Å². The summed E-state index contributed by atoms with van der Waals surface area (Å²) in [6.45, 7) is 0. The van der Waals surface area contributed by atoms with Crippen LogP contribution in [-0.4, -0.2) is 29.0 Å². The number of aromatic nitrogens is 1. The Hall–Kier alpha value is -2.37. The number of carboxylic acids is 1. The van der Waals surface area contributed by atoms with Gasteiger partial charge >= 0.3 is 5.97 Å². The molecule has 16 heavy (non-hydrogen) atoms. The molecule has 0 fully saturated rings. The monoisotopic (exact) mass is 221 g/mol. The van der Waals surface area contributed by atoms with Gasteiger partial charge in [-0.1, -0.05) is 0 Å². The maximum absolute atomic E-state index is 11.6. The summed E-state index contributed by atoms with van der Waals surface area (Å²) in [5, 5.41) is 8.72. The normalized spacial score (nSPS) is 13.3. The lowest BCUT2D eigenvalue weighted by atomic mass is 10.2. The van der Waals surface area contributed by atoms with Gasteiger partial charge in [0.25, 0.3) is 0 Å². The summed E-state index contributed by atoms with van der Waals surface area (Å²) in [6.07, 6.45) is 1.29. The van der Waals surface area contributed by atoms with Gasteiger partial charge in [-0.3, -0.25) is 9.59 Å². The van der Waals surface area contributed by atoms with Crippen LogP contribution >= 0.6 is 0 Å². The van der Waals surface area contributed by atoms with Crippen LogP contribution in [0.4, 0.5) is 0 Å². The average molecular weight is 221 g/mol. The molecule has 1 aromatic rings. The SMILES string of the molecule is COC1=Cc2c([nH]c(C(=O)O)cc2=O)C1=O. The third-order valence-corrected chi connectivity index (χ3v) is 2.25. The number of methoxy groups -OCH3 is 1. The summed E-state index contributed by atoms with van der Waals surface area (Å²) in [4.78, 5) is 36.2. The number of rotatable bonds is 2. The van der Waals surface area contributed by atoms with Crippen molar-refractivity contribution in [2.75, 3.05) is 7.11 Å². The summed E-state index contributed by atoms with van der Waals surface area (Å²) in [5.74, 6) is -1.79. The highest BCUT2D eigenvalue weighted by molar-refractivity contribution is 6.15. The van der Waals surface area contributed by atoms with Gasteiger partial charge in [-0.2, -0.15) is 0 Å². The number of ketones is 1. The lowest BCUT2D eigenvalue weighted by molar-refractivity contribution is 0.0690. The average Bonchev–Trinajstić information content (AvgIpc) is 2.56. The van der Waals surface area contributed by atoms with E-state index in [4.69, 9.17) is 9.84 Å². The lowest BCUT2D eigenvalue weighted by Gasteiger charge is -2.00. The molecule has 0 atom stereocenters. The van der Waals surface area contributed by atoms with E-state index in [9.17, 15) is 14.4 Å². The second-order valence-electron chi connectivity index (χ2n) is 3.18. The highest BCUT2D eigenvalue weighted by Gasteiger charge is 2.27. The summed E-state index contributed by atoms with van der Waals surface area (Å²) < 4.78 is 4.77. The Labute approximate surface area is 89.2 Å². The molecule has 1 heterocycles. The van der Waals surface area contributed by atoms with Gasteiger partial charge in [0.05, 0.1) is 12.7 Å². The van der Waals surface area contributed by atoms with Gasteiger partial charge in [0.1, 0.15) is 11.4 Å². The third kappa shape index (κ3) is 1.31. The molecule has 0 saturated heterocycles. The Balaban J connectivity index is 2.67. The molecule has 0 spiro atoms. The number of hydrogen-bond acceptors (Lipinski definition) is 4. The Bertz CT molecular complexity index is 581. The molecule has 1 aliphatic rings. The molecule has 0 bridgehead atoms. The van der Waals surface area contributed by atoms with E-state index in [1.807, 2.05) is 0 Å². The summed E-state index contributed by atoms with van der Waals surface area (Å²) in [6, 6.07) is 0.934. The fraction of sp³-hybridized carbons (Fsp3) is 0.100. The van der Waals surface area contributed by atoms with Crippen molar-refractivity contribution in [2.24, 2.45) is 0 Å². The number of carbonyl (C=O) groups is 2. The number of aromatic carboxylic acids is 1. The standard InChI is InChI=1S/C10H7NO5/c1-16-7-2-4-6(12)3-5(10(14)15)11-8(4)9(7)13/h2-3H,1H3,(H,11,12)(H,14,15). The van der Waals surface area contributed by atoms with Crippen molar-refractivity contribution in [1.29, 1.82) is 0 Å². The predicted octanol–water partition coefficient (Wildman–Crippen LogP) is 0.257. The Kier molecular flexibility index (Phi) is 2.12. The molecule has 0 aromatic carbocycles. The minimum atomic E-state index is -1.29. The first-order valence-corrected chi connectivity index (χ1v) is 4.35.